The number of carbonyl (C=O) groups is 2. The number of alkyl halides is 2. The molecule has 3 aromatic carbocycles. The number of amides is 2. The lowest BCUT2D eigenvalue weighted by molar-refractivity contribution is -0.117. The lowest BCUT2D eigenvalue weighted by Crippen LogP contribution is -2.18. The van der Waals surface area contributed by atoms with Crippen LogP contribution in [-0.4, -0.2) is 21.1 Å². The normalized spacial score (nSPS) is 18.2. The van der Waals surface area contributed by atoms with Crippen molar-refractivity contribution in [1.29, 1.82) is 0 Å². The summed E-state index contributed by atoms with van der Waals surface area (Å²) in [4.78, 5) is 28.8. The van der Waals surface area contributed by atoms with Crippen LogP contribution in [0.25, 0.3) is 10.9 Å². The second-order valence-electron chi connectivity index (χ2n) is 8.37. The van der Waals surface area contributed by atoms with E-state index in [1.54, 1.807) is 30.5 Å². The third-order valence-corrected chi connectivity index (χ3v) is 7.65. The number of benzene rings is 3. The van der Waals surface area contributed by atoms with Gasteiger partial charge in [0, 0.05) is 44.8 Å². The molecule has 0 bridgehead atoms. The number of aromatic amines is 1. The molecule has 5 rings (SSSR count). The van der Waals surface area contributed by atoms with E-state index in [0.29, 0.717) is 21.1 Å². The van der Waals surface area contributed by atoms with Gasteiger partial charge in [0.25, 0.3) is 5.91 Å². The minimum atomic E-state index is -1.36. The zero-order valence-electron chi connectivity index (χ0n) is 18.0. The number of H-pyrrole nitrogens is 1. The van der Waals surface area contributed by atoms with Crippen LogP contribution in [0.4, 0.5) is 15.8 Å². The first-order chi connectivity index (χ1) is 17.0. The Morgan fingerprint density at radius 3 is 2.36 bits per heavy atom. The van der Waals surface area contributed by atoms with Crippen molar-refractivity contribution in [2.45, 2.75) is 10.3 Å². The van der Waals surface area contributed by atoms with Crippen molar-refractivity contribution in [3.05, 3.63) is 92.8 Å². The van der Waals surface area contributed by atoms with Crippen LogP contribution in [0.3, 0.4) is 0 Å². The molecular formula is C25H15Cl5FN3O2. The van der Waals surface area contributed by atoms with Gasteiger partial charge in [-0.1, -0.05) is 34.8 Å². The summed E-state index contributed by atoms with van der Waals surface area (Å²) < 4.78 is 13.1. The maximum Gasteiger partial charge on any atom is 0.257 e. The van der Waals surface area contributed by atoms with Gasteiger partial charge < -0.3 is 15.6 Å². The molecular weight excluding hydrogens is 571 g/mol. The molecule has 36 heavy (non-hydrogen) atoms. The number of hydrogen-bond acceptors (Lipinski definition) is 2. The molecule has 0 spiro atoms. The highest BCUT2D eigenvalue weighted by molar-refractivity contribution is 6.53. The molecule has 1 fully saturated rings. The molecule has 2 atom stereocenters. The van der Waals surface area contributed by atoms with Crippen molar-refractivity contribution in [3.63, 3.8) is 0 Å². The predicted molar refractivity (Wildman–Crippen MR) is 143 cm³/mol. The van der Waals surface area contributed by atoms with Crippen LogP contribution < -0.4 is 10.6 Å². The van der Waals surface area contributed by atoms with Gasteiger partial charge in [0.05, 0.1) is 22.2 Å². The fraction of sp³-hybridized carbons (Fsp3) is 0.120. The van der Waals surface area contributed by atoms with E-state index in [9.17, 15) is 14.0 Å². The van der Waals surface area contributed by atoms with Gasteiger partial charge in [0.15, 0.2) is 0 Å². The summed E-state index contributed by atoms with van der Waals surface area (Å²) in [6.07, 6.45) is 1.67. The highest BCUT2D eigenvalue weighted by Crippen LogP contribution is 2.65. The Balaban J connectivity index is 1.34. The number of fused-ring (bicyclic) bond motifs is 1. The van der Waals surface area contributed by atoms with Gasteiger partial charge in [0.2, 0.25) is 5.91 Å². The van der Waals surface area contributed by atoms with Crippen molar-refractivity contribution in [1.82, 2.24) is 4.98 Å². The summed E-state index contributed by atoms with van der Waals surface area (Å²) in [5.41, 5.74) is 1.55. The first-order valence-corrected chi connectivity index (χ1v) is 12.5. The largest absolute Gasteiger partial charge is 0.361 e. The quantitative estimate of drug-likeness (QED) is 0.207. The van der Waals surface area contributed by atoms with Crippen LogP contribution in [-0.2, 0) is 4.79 Å². The summed E-state index contributed by atoms with van der Waals surface area (Å²) >= 11 is 31.2. The number of rotatable bonds is 5. The molecule has 184 valence electrons. The summed E-state index contributed by atoms with van der Waals surface area (Å²) in [6.45, 7) is 0. The molecule has 2 unspecified atom stereocenters. The number of carbonyl (C=O) groups excluding carboxylic acids is 2. The molecule has 1 heterocycles. The summed E-state index contributed by atoms with van der Waals surface area (Å²) in [5, 5.41) is 6.88. The molecule has 1 aliphatic carbocycles. The van der Waals surface area contributed by atoms with Crippen molar-refractivity contribution >= 4 is 92.1 Å². The van der Waals surface area contributed by atoms with Crippen LogP contribution in [0, 0.1) is 11.7 Å². The van der Waals surface area contributed by atoms with Crippen molar-refractivity contribution in [3.8, 4) is 0 Å². The van der Waals surface area contributed by atoms with Gasteiger partial charge in [0.1, 0.15) is 10.2 Å². The number of hydrogen-bond donors (Lipinski definition) is 3. The van der Waals surface area contributed by atoms with Crippen LogP contribution in [0.1, 0.15) is 21.8 Å². The van der Waals surface area contributed by atoms with Crippen LogP contribution in [0.2, 0.25) is 15.1 Å². The van der Waals surface area contributed by atoms with Gasteiger partial charge in [-0.15, -0.1) is 23.2 Å². The van der Waals surface area contributed by atoms with Crippen molar-refractivity contribution in [2.75, 3.05) is 10.6 Å². The van der Waals surface area contributed by atoms with E-state index in [0.717, 1.165) is 5.39 Å². The molecule has 0 radical (unpaired) electrons. The molecule has 4 aromatic rings. The second kappa shape index (κ2) is 9.43. The van der Waals surface area contributed by atoms with Gasteiger partial charge in [-0.25, -0.2) is 4.39 Å². The summed E-state index contributed by atoms with van der Waals surface area (Å²) in [7, 11) is 0. The van der Waals surface area contributed by atoms with Gasteiger partial charge in [-0.2, -0.15) is 0 Å². The fourth-order valence-corrected chi connectivity index (χ4v) is 5.75. The van der Waals surface area contributed by atoms with E-state index in [4.69, 9.17) is 58.0 Å². The topological polar surface area (TPSA) is 74.0 Å². The average molecular weight is 586 g/mol. The summed E-state index contributed by atoms with van der Waals surface area (Å²) in [6, 6.07) is 13.8. The highest BCUT2D eigenvalue weighted by atomic mass is 35.5. The third-order valence-electron chi connectivity index (χ3n) is 5.95. The Morgan fingerprint density at radius 1 is 0.917 bits per heavy atom. The monoisotopic (exact) mass is 583 g/mol. The smallest absolute Gasteiger partial charge is 0.257 e. The average Bonchev–Trinajstić information content (AvgIpc) is 3.12. The summed E-state index contributed by atoms with van der Waals surface area (Å²) in [5.74, 6) is -3.03. The van der Waals surface area contributed by atoms with Gasteiger partial charge in [-0.05, 0) is 54.1 Å². The third kappa shape index (κ3) is 4.76. The first kappa shape index (κ1) is 25.2. The fourth-order valence-electron chi connectivity index (χ4n) is 4.18. The van der Waals surface area contributed by atoms with Crippen LogP contribution in [0.5, 0.6) is 0 Å². The maximum absolute atomic E-state index is 14.5. The van der Waals surface area contributed by atoms with E-state index in [1.165, 1.54) is 30.3 Å². The van der Waals surface area contributed by atoms with Crippen LogP contribution in [0.15, 0.2) is 60.8 Å². The Bertz CT molecular complexity index is 1520. The highest BCUT2D eigenvalue weighted by Gasteiger charge is 2.67. The second-order valence-corrected chi connectivity index (χ2v) is 11.1. The molecule has 1 saturated carbocycles. The molecule has 0 saturated heterocycles. The van der Waals surface area contributed by atoms with Gasteiger partial charge >= 0.3 is 0 Å². The van der Waals surface area contributed by atoms with Gasteiger partial charge in [-0.3, -0.25) is 9.59 Å². The SMILES string of the molecule is O=C(Nc1cc2cc[nH]c2cc1F)c1cc(NC(=O)C2C(c3cc(Cl)cc(Cl)c3)C2(Cl)Cl)ccc1Cl. The molecule has 2 amide bonds. The zero-order valence-corrected chi connectivity index (χ0v) is 21.8. The minimum absolute atomic E-state index is 0.00678. The lowest BCUT2D eigenvalue weighted by atomic mass is 10.1. The first-order valence-electron chi connectivity index (χ1n) is 10.6. The Kier molecular flexibility index (Phi) is 6.60. The molecule has 5 nitrogen and oxygen atoms in total. The molecule has 0 aliphatic heterocycles. The number of nitrogens with one attached hydrogen (secondary N) is 3. The number of aromatic nitrogens is 1. The molecule has 3 N–H and O–H groups in total. The lowest BCUT2D eigenvalue weighted by Gasteiger charge is -2.11. The molecule has 1 aliphatic rings. The predicted octanol–water partition coefficient (Wildman–Crippen LogP) is 8.05. The number of anilines is 2. The van der Waals surface area contributed by atoms with Crippen molar-refractivity contribution < 1.29 is 14.0 Å². The van der Waals surface area contributed by atoms with E-state index >= 15 is 0 Å². The Hall–Kier alpha value is -2.48. The Labute approximate surface area is 229 Å². The zero-order chi connectivity index (χ0) is 25.8. The Morgan fingerprint density at radius 2 is 1.64 bits per heavy atom. The number of halogens is 6. The molecule has 1 aromatic heterocycles. The van der Waals surface area contributed by atoms with E-state index in [2.05, 4.69) is 15.6 Å². The minimum Gasteiger partial charge on any atom is -0.361 e. The van der Waals surface area contributed by atoms with E-state index < -0.39 is 33.8 Å². The molecule has 11 heteroatoms. The maximum atomic E-state index is 14.5. The van der Waals surface area contributed by atoms with Crippen molar-refractivity contribution in [2.24, 2.45) is 5.92 Å². The van der Waals surface area contributed by atoms with E-state index in [-0.39, 0.29) is 22.0 Å². The van der Waals surface area contributed by atoms with E-state index in [1.807, 2.05) is 0 Å². The standard InChI is InChI=1S/C25H15Cl5FN3O2/c26-13-5-12(6-14(27)8-13)21-22(25(21,29)30)24(36)33-15-1-2-17(28)16(9-15)23(35)34-20-7-11-3-4-32-19(11)10-18(20)31/h1-10,21-22,32H,(H,33,36)(H,34,35). The van der Waals surface area contributed by atoms with Crippen LogP contribution >= 0.6 is 58.0 Å².